The van der Waals surface area contributed by atoms with Crippen molar-refractivity contribution in [1.29, 1.82) is 0 Å². The first kappa shape index (κ1) is 16.1. The smallest absolute Gasteiger partial charge is 0.260 e. The van der Waals surface area contributed by atoms with Gasteiger partial charge in [-0.3, -0.25) is 4.79 Å². The number of hydrogen-bond acceptors (Lipinski definition) is 4. The van der Waals surface area contributed by atoms with Crippen molar-refractivity contribution in [1.82, 2.24) is 9.80 Å². The van der Waals surface area contributed by atoms with E-state index in [9.17, 15) is 4.79 Å². The van der Waals surface area contributed by atoms with Crippen LogP contribution in [0.3, 0.4) is 0 Å². The third kappa shape index (κ3) is 4.11. The molecule has 0 aliphatic carbocycles. The summed E-state index contributed by atoms with van der Waals surface area (Å²) in [6, 6.07) is 5.49. The first-order valence-corrected chi connectivity index (χ1v) is 7.90. The van der Waals surface area contributed by atoms with Crippen LogP contribution in [0.25, 0.3) is 0 Å². The van der Waals surface area contributed by atoms with Crippen molar-refractivity contribution in [3.63, 3.8) is 0 Å². The Morgan fingerprint density at radius 3 is 2.52 bits per heavy atom. The maximum absolute atomic E-state index is 12.2. The number of piperazine rings is 1. The van der Waals surface area contributed by atoms with E-state index < -0.39 is 0 Å². The van der Waals surface area contributed by atoms with Crippen LogP contribution in [0, 0.1) is 0 Å². The van der Waals surface area contributed by atoms with E-state index in [0.29, 0.717) is 11.5 Å². The zero-order valence-corrected chi connectivity index (χ0v) is 14.1. The fraction of sp³-hybridized carbons (Fsp3) is 0.533. The van der Waals surface area contributed by atoms with Crippen molar-refractivity contribution in [3.05, 3.63) is 22.7 Å². The van der Waals surface area contributed by atoms with Gasteiger partial charge < -0.3 is 19.3 Å². The minimum atomic E-state index is 0.0282. The lowest BCUT2D eigenvalue weighted by Gasteiger charge is -2.34. The number of ether oxygens (including phenoxy) is 2. The Bertz CT molecular complexity index is 488. The second kappa shape index (κ2) is 7.66. The molecule has 21 heavy (non-hydrogen) atoms. The predicted molar refractivity (Wildman–Crippen MR) is 84.9 cm³/mol. The van der Waals surface area contributed by atoms with Crippen LogP contribution in [-0.4, -0.2) is 62.1 Å². The number of nitrogens with zero attached hydrogens (tertiary/aromatic N) is 2. The monoisotopic (exact) mass is 356 g/mol. The molecule has 1 aliphatic heterocycles. The summed E-state index contributed by atoms with van der Waals surface area (Å²) in [7, 11) is 1.60. The van der Waals surface area contributed by atoms with Gasteiger partial charge >= 0.3 is 0 Å². The average Bonchev–Trinajstić information content (AvgIpc) is 2.53. The molecule has 1 aromatic rings. The van der Waals surface area contributed by atoms with Gasteiger partial charge in [0.1, 0.15) is 16.0 Å². The Morgan fingerprint density at radius 1 is 1.24 bits per heavy atom. The third-order valence-electron chi connectivity index (χ3n) is 3.67. The molecule has 0 N–H and O–H groups in total. The van der Waals surface area contributed by atoms with Gasteiger partial charge in [0.05, 0.1) is 7.11 Å². The quantitative estimate of drug-likeness (QED) is 0.809. The molecular weight excluding hydrogens is 336 g/mol. The lowest BCUT2D eigenvalue weighted by Crippen LogP contribution is -2.49. The van der Waals surface area contributed by atoms with Crippen molar-refractivity contribution >= 4 is 21.8 Å². The Balaban J connectivity index is 1.87. The summed E-state index contributed by atoms with van der Waals surface area (Å²) in [6.07, 6.45) is 0. The SMILES string of the molecule is CCN1CCN(C(=O)COc2cccc(OC)c2Br)CC1. The second-order valence-corrected chi connectivity index (χ2v) is 5.67. The largest absolute Gasteiger partial charge is 0.495 e. The molecule has 1 saturated heterocycles. The number of halogens is 1. The lowest BCUT2D eigenvalue weighted by atomic mass is 10.3. The van der Waals surface area contributed by atoms with Crippen LogP contribution in [0.4, 0.5) is 0 Å². The molecule has 2 rings (SSSR count). The fourth-order valence-electron chi connectivity index (χ4n) is 2.30. The van der Waals surface area contributed by atoms with Crippen LogP contribution in [0.5, 0.6) is 11.5 Å². The van der Waals surface area contributed by atoms with Crippen molar-refractivity contribution < 1.29 is 14.3 Å². The van der Waals surface area contributed by atoms with Crippen molar-refractivity contribution in [2.45, 2.75) is 6.92 Å². The summed E-state index contributed by atoms with van der Waals surface area (Å²) in [4.78, 5) is 16.4. The molecule has 0 saturated carbocycles. The number of hydrogen-bond donors (Lipinski definition) is 0. The number of likely N-dealkylation sites (N-methyl/N-ethyl adjacent to an activating group) is 1. The summed E-state index contributed by atoms with van der Waals surface area (Å²) < 4.78 is 11.6. The van der Waals surface area contributed by atoms with Gasteiger partial charge in [0.25, 0.3) is 5.91 Å². The van der Waals surface area contributed by atoms with E-state index in [-0.39, 0.29) is 12.5 Å². The summed E-state index contributed by atoms with van der Waals surface area (Å²) in [5.41, 5.74) is 0. The van der Waals surface area contributed by atoms with Gasteiger partial charge in [0, 0.05) is 26.2 Å². The Morgan fingerprint density at radius 2 is 1.90 bits per heavy atom. The molecule has 1 heterocycles. The zero-order chi connectivity index (χ0) is 15.2. The minimum Gasteiger partial charge on any atom is -0.495 e. The van der Waals surface area contributed by atoms with E-state index in [1.54, 1.807) is 7.11 Å². The number of carbonyl (C=O) groups is 1. The molecule has 0 spiro atoms. The van der Waals surface area contributed by atoms with Crippen molar-refractivity contribution in [2.24, 2.45) is 0 Å². The van der Waals surface area contributed by atoms with E-state index in [4.69, 9.17) is 9.47 Å². The normalized spacial score (nSPS) is 15.9. The maximum atomic E-state index is 12.2. The molecule has 1 amide bonds. The molecule has 0 aromatic heterocycles. The summed E-state index contributed by atoms with van der Waals surface area (Å²) in [5, 5.41) is 0. The van der Waals surface area contributed by atoms with Gasteiger partial charge in [0.15, 0.2) is 6.61 Å². The molecule has 1 aliphatic rings. The van der Waals surface area contributed by atoms with Gasteiger partial charge in [-0.15, -0.1) is 0 Å². The van der Waals surface area contributed by atoms with E-state index in [1.165, 1.54) is 0 Å². The first-order valence-electron chi connectivity index (χ1n) is 7.11. The summed E-state index contributed by atoms with van der Waals surface area (Å²) in [5.74, 6) is 1.34. The highest BCUT2D eigenvalue weighted by Crippen LogP contribution is 2.33. The maximum Gasteiger partial charge on any atom is 0.260 e. The second-order valence-electron chi connectivity index (χ2n) is 4.88. The Hall–Kier alpha value is -1.27. The fourth-order valence-corrected chi connectivity index (χ4v) is 2.84. The van der Waals surface area contributed by atoms with Crippen LogP contribution in [-0.2, 0) is 4.79 Å². The standard InChI is InChI=1S/C15H21BrN2O3/c1-3-17-7-9-18(10-8-17)14(19)11-21-13-6-4-5-12(20-2)15(13)16/h4-6H,3,7-11H2,1-2H3. The number of carbonyl (C=O) groups excluding carboxylic acids is 1. The van der Waals surface area contributed by atoms with Crippen LogP contribution in [0.1, 0.15) is 6.92 Å². The predicted octanol–water partition coefficient (Wildman–Crippen LogP) is 2.00. The molecule has 1 fully saturated rings. The molecule has 5 nitrogen and oxygen atoms in total. The Kier molecular flexibility index (Phi) is 5.87. The topological polar surface area (TPSA) is 42.0 Å². The molecule has 1 aromatic carbocycles. The summed E-state index contributed by atoms with van der Waals surface area (Å²) in [6.45, 7) is 6.65. The molecule has 0 unspecified atom stereocenters. The van der Waals surface area contributed by atoms with Crippen LogP contribution < -0.4 is 9.47 Å². The molecule has 0 radical (unpaired) electrons. The van der Waals surface area contributed by atoms with Gasteiger partial charge in [0.2, 0.25) is 0 Å². The van der Waals surface area contributed by atoms with Crippen LogP contribution in [0.2, 0.25) is 0 Å². The molecular formula is C15H21BrN2O3. The highest BCUT2D eigenvalue weighted by Gasteiger charge is 2.20. The highest BCUT2D eigenvalue weighted by molar-refractivity contribution is 9.10. The van der Waals surface area contributed by atoms with Crippen LogP contribution in [0.15, 0.2) is 22.7 Å². The Labute approximate surface area is 133 Å². The molecule has 0 atom stereocenters. The summed E-state index contributed by atoms with van der Waals surface area (Å²) >= 11 is 3.42. The molecule has 6 heteroatoms. The van der Waals surface area contributed by atoms with E-state index in [2.05, 4.69) is 27.8 Å². The zero-order valence-electron chi connectivity index (χ0n) is 12.5. The van der Waals surface area contributed by atoms with Gasteiger partial charge in [-0.2, -0.15) is 0 Å². The average molecular weight is 357 g/mol. The van der Waals surface area contributed by atoms with Crippen molar-refractivity contribution in [3.8, 4) is 11.5 Å². The third-order valence-corrected chi connectivity index (χ3v) is 4.45. The highest BCUT2D eigenvalue weighted by atomic mass is 79.9. The number of benzene rings is 1. The number of rotatable bonds is 5. The van der Waals surface area contributed by atoms with Crippen molar-refractivity contribution in [2.75, 3.05) is 46.4 Å². The molecule has 0 bridgehead atoms. The van der Waals surface area contributed by atoms with E-state index in [0.717, 1.165) is 37.2 Å². The van der Waals surface area contributed by atoms with E-state index >= 15 is 0 Å². The van der Waals surface area contributed by atoms with E-state index in [1.807, 2.05) is 23.1 Å². The minimum absolute atomic E-state index is 0.0282. The van der Waals surface area contributed by atoms with Gasteiger partial charge in [-0.05, 0) is 34.6 Å². The van der Waals surface area contributed by atoms with Gasteiger partial charge in [-0.25, -0.2) is 0 Å². The molecule has 116 valence electrons. The van der Waals surface area contributed by atoms with Crippen LogP contribution >= 0.6 is 15.9 Å². The first-order chi connectivity index (χ1) is 10.2. The number of amides is 1. The lowest BCUT2D eigenvalue weighted by molar-refractivity contribution is -0.135. The number of methoxy groups -OCH3 is 1. The van der Waals surface area contributed by atoms with Gasteiger partial charge in [-0.1, -0.05) is 13.0 Å².